The van der Waals surface area contributed by atoms with Gasteiger partial charge >= 0.3 is 5.97 Å². The Morgan fingerprint density at radius 2 is 1.96 bits per heavy atom. The van der Waals surface area contributed by atoms with Crippen LogP contribution in [-0.4, -0.2) is 63.0 Å². The lowest BCUT2D eigenvalue weighted by atomic mass is 10.2. The van der Waals surface area contributed by atoms with Gasteiger partial charge in [0.05, 0.1) is 17.9 Å². The monoisotopic (exact) mass is 377 g/mol. The number of aromatic amines is 1. The standard InChI is InChI=1S/C16H23N7O2S/c1-21(22-10-4-2-3-5-11-22)12-17-25-15(24)13-6-8-14(9-7-13)23-16(26)18-19-20-23/h6-9,17H,2-5,10-12H2,1H3,(H,18,20,26). The van der Waals surface area contributed by atoms with E-state index < -0.39 is 5.97 Å². The van der Waals surface area contributed by atoms with Gasteiger partial charge in [-0.15, -0.1) is 5.48 Å². The summed E-state index contributed by atoms with van der Waals surface area (Å²) in [7, 11) is 1.99. The number of hydrogen-bond donors (Lipinski definition) is 2. The van der Waals surface area contributed by atoms with Crippen LogP contribution in [0.1, 0.15) is 36.0 Å². The number of rotatable bonds is 6. The summed E-state index contributed by atoms with van der Waals surface area (Å²) in [5, 5.41) is 14.3. The Labute approximate surface area is 156 Å². The lowest BCUT2D eigenvalue weighted by Gasteiger charge is -2.30. The SMILES string of the molecule is CN(CNOC(=O)c1ccc(-n2[nH]nnc2=S)cc1)N1CCCCCC1. The topological polar surface area (TPSA) is 91.3 Å². The average molecular weight is 377 g/mol. The molecular formula is C16H23N7O2S. The molecule has 9 nitrogen and oxygen atoms in total. The van der Waals surface area contributed by atoms with E-state index >= 15 is 0 Å². The number of carbonyl (C=O) groups is 1. The highest BCUT2D eigenvalue weighted by molar-refractivity contribution is 7.71. The second kappa shape index (κ2) is 8.99. The summed E-state index contributed by atoms with van der Waals surface area (Å²) in [6.45, 7) is 2.52. The minimum absolute atomic E-state index is 0.318. The molecule has 26 heavy (non-hydrogen) atoms. The van der Waals surface area contributed by atoms with Gasteiger partial charge in [0.1, 0.15) is 0 Å². The summed E-state index contributed by atoms with van der Waals surface area (Å²) < 4.78 is 1.86. The second-order valence-corrected chi connectivity index (χ2v) is 6.55. The van der Waals surface area contributed by atoms with Crippen LogP contribution in [0.5, 0.6) is 0 Å². The number of nitrogens with one attached hydrogen (secondary N) is 2. The van der Waals surface area contributed by atoms with Gasteiger partial charge in [-0.2, -0.15) is 5.21 Å². The lowest BCUT2D eigenvalue weighted by Crippen LogP contribution is -2.45. The van der Waals surface area contributed by atoms with Gasteiger partial charge in [-0.1, -0.05) is 23.2 Å². The zero-order valence-corrected chi connectivity index (χ0v) is 15.5. The van der Waals surface area contributed by atoms with Crippen molar-refractivity contribution in [2.45, 2.75) is 25.7 Å². The number of hydroxylamine groups is 1. The molecule has 1 aromatic carbocycles. The Morgan fingerprint density at radius 1 is 1.27 bits per heavy atom. The van der Waals surface area contributed by atoms with E-state index in [2.05, 4.69) is 31.0 Å². The van der Waals surface area contributed by atoms with Crippen molar-refractivity contribution in [2.75, 3.05) is 26.8 Å². The molecule has 2 aromatic rings. The van der Waals surface area contributed by atoms with Gasteiger partial charge in [-0.05, 0) is 49.3 Å². The Hall–Kier alpha value is -2.14. The van der Waals surface area contributed by atoms with Crippen LogP contribution in [0.3, 0.4) is 0 Å². The molecule has 0 atom stereocenters. The number of benzene rings is 1. The zero-order valence-electron chi connectivity index (χ0n) is 14.7. The molecule has 1 aromatic heterocycles. The average Bonchev–Trinajstić information content (AvgIpc) is 2.91. The van der Waals surface area contributed by atoms with E-state index in [1.807, 2.05) is 7.05 Å². The molecule has 140 valence electrons. The van der Waals surface area contributed by atoms with Crippen molar-refractivity contribution in [2.24, 2.45) is 0 Å². The van der Waals surface area contributed by atoms with Crippen LogP contribution in [-0.2, 0) is 4.84 Å². The fraction of sp³-hybridized carbons (Fsp3) is 0.500. The molecule has 1 aliphatic heterocycles. The molecule has 2 heterocycles. The highest BCUT2D eigenvalue weighted by Gasteiger charge is 2.14. The van der Waals surface area contributed by atoms with E-state index in [0.717, 1.165) is 18.8 Å². The van der Waals surface area contributed by atoms with Crippen molar-refractivity contribution in [3.8, 4) is 5.69 Å². The van der Waals surface area contributed by atoms with E-state index in [0.29, 0.717) is 17.0 Å². The number of nitrogens with zero attached hydrogens (tertiary/aromatic N) is 5. The van der Waals surface area contributed by atoms with Crippen molar-refractivity contribution in [3.05, 3.63) is 34.6 Å². The van der Waals surface area contributed by atoms with E-state index in [-0.39, 0.29) is 0 Å². The molecule has 0 saturated carbocycles. The third kappa shape index (κ3) is 4.73. The minimum Gasteiger partial charge on any atom is -0.365 e. The largest absolute Gasteiger partial charge is 0.365 e. The summed E-state index contributed by atoms with van der Waals surface area (Å²) in [5.74, 6) is -0.438. The van der Waals surface area contributed by atoms with Gasteiger partial charge in [0, 0.05) is 20.1 Å². The zero-order chi connectivity index (χ0) is 18.4. The van der Waals surface area contributed by atoms with Crippen molar-refractivity contribution >= 4 is 18.2 Å². The number of hydrazine groups is 1. The molecule has 0 amide bonds. The van der Waals surface area contributed by atoms with Crippen LogP contribution in [0.25, 0.3) is 5.69 Å². The van der Waals surface area contributed by atoms with Crippen molar-refractivity contribution < 1.29 is 9.63 Å². The third-order valence-corrected chi connectivity index (χ3v) is 4.62. The van der Waals surface area contributed by atoms with E-state index in [1.54, 1.807) is 28.9 Å². The summed E-state index contributed by atoms with van der Waals surface area (Å²) in [6.07, 6.45) is 4.96. The molecule has 0 unspecified atom stereocenters. The predicted molar refractivity (Wildman–Crippen MR) is 97.8 cm³/mol. The Kier molecular flexibility index (Phi) is 6.45. The smallest absolute Gasteiger partial charge is 0.356 e. The highest BCUT2D eigenvalue weighted by Crippen LogP contribution is 2.11. The summed E-state index contributed by atoms with van der Waals surface area (Å²) in [4.78, 5) is 17.3. The molecule has 10 heteroatoms. The van der Waals surface area contributed by atoms with Gasteiger partial charge in [0.2, 0.25) is 4.77 Å². The number of tetrazole rings is 1. The first kappa shape index (κ1) is 18.6. The van der Waals surface area contributed by atoms with Gasteiger partial charge in [0.25, 0.3) is 0 Å². The normalized spacial score (nSPS) is 15.8. The van der Waals surface area contributed by atoms with Crippen molar-refractivity contribution in [1.29, 1.82) is 0 Å². The van der Waals surface area contributed by atoms with E-state index in [1.165, 1.54) is 25.7 Å². The second-order valence-electron chi connectivity index (χ2n) is 6.18. The minimum atomic E-state index is -0.438. The van der Waals surface area contributed by atoms with Gasteiger partial charge < -0.3 is 4.84 Å². The maximum atomic E-state index is 12.1. The van der Waals surface area contributed by atoms with Crippen molar-refractivity contribution in [3.63, 3.8) is 0 Å². The van der Waals surface area contributed by atoms with Gasteiger partial charge in [-0.25, -0.2) is 19.5 Å². The maximum absolute atomic E-state index is 12.1. The first-order chi connectivity index (χ1) is 12.6. The van der Waals surface area contributed by atoms with Gasteiger partial charge in [0.15, 0.2) is 0 Å². The van der Waals surface area contributed by atoms with E-state index in [9.17, 15) is 4.79 Å². The fourth-order valence-electron chi connectivity index (χ4n) is 2.86. The van der Waals surface area contributed by atoms with Crippen LogP contribution in [0.4, 0.5) is 0 Å². The first-order valence-electron chi connectivity index (χ1n) is 8.66. The molecule has 1 saturated heterocycles. The number of H-pyrrole nitrogens is 1. The Balaban J connectivity index is 1.49. The Bertz CT molecular complexity index is 765. The summed E-state index contributed by atoms with van der Waals surface area (Å²) in [6, 6.07) is 6.83. The van der Waals surface area contributed by atoms with Gasteiger partial charge in [-0.3, -0.25) is 0 Å². The number of carbonyl (C=O) groups excluding carboxylic acids is 1. The van der Waals surface area contributed by atoms with Crippen LogP contribution < -0.4 is 5.48 Å². The molecule has 1 fully saturated rings. The first-order valence-corrected chi connectivity index (χ1v) is 9.06. The summed E-state index contributed by atoms with van der Waals surface area (Å²) >= 11 is 5.04. The predicted octanol–water partition coefficient (Wildman–Crippen LogP) is 1.67. The molecular weight excluding hydrogens is 354 g/mol. The molecule has 0 radical (unpaired) electrons. The quantitative estimate of drug-likeness (QED) is 0.446. The van der Waals surface area contributed by atoms with Crippen LogP contribution in [0, 0.1) is 4.77 Å². The molecule has 2 N–H and O–H groups in total. The van der Waals surface area contributed by atoms with Crippen LogP contribution in [0.15, 0.2) is 24.3 Å². The molecule has 0 aliphatic carbocycles. The van der Waals surface area contributed by atoms with Crippen molar-refractivity contribution in [1.82, 2.24) is 35.7 Å². The Morgan fingerprint density at radius 3 is 2.58 bits per heavy atom. The van der Waals surface area contributed by atoms with E-state index in [4.69, 9.17) is 17.1 Å². The number of aromatic nitrogens is 4. The maximum Gasteiger partial charge on any atom is 0.356 e. The molecule has 1 aliphatic rings. The number of hydrogen-bond acceptors (Lipinski definition) is 8. The van der Waals surface area contributed by atoms with Crippen LogP contribution in [0.2, 0.25) is 0 Å². The highest BCUT2D eigenvalue weighted by atomic mass is 32.1. The summed E-state index contributed by atoms with van der Waals surface area (Å²) in [5.41, 5.74) is 3.92. The third-order valence-electron chi connectivity index (χ3n) is 4.36. The molecule has 3 rings (SSSR count). The molecule has 0 spiro atoms. The fourth-order valence-corrected chi connectivity index (χ4v) is 3.04. The lowest BCUT2D eigenvalue weighted by molar-refractivity contribution is -0.0479. The van der Waals surface area contributed by atoms with Crippen LogP contribution >= 0.6 is 12.2 Å². The molecule has 0 bridgehead atoms.